The molecule has 0 radical (unpaired) electrons. The third-order valence-electron chi connectivity index (χ3n) is 6.36. The van der Waals surface area contributed by atoms with Crippen LogP contribution in [-0.2, 0) is 25.7 Å². The molecule has 2 atom stereocenters. The van der Waals surface area contributed by atoms with Crippen LogP contribution in [0.25, 0.3) is 0 Å². The smallest absolute Gasteiger partial charge is 0.319 e. The van der Waals surface area contributed by atoms with Crippen molar-refractivity contribution in [3.8, 4) is 5.75 Å². The molecule has 1 fully saturated rings. The number of nitrogens with one attached hydrogen (secondary N) is 4. The van der Waals surface area contributed by atoms with Crippen molar-refractivity contribution in [3.63, 3.8) is 0 Å². The number of amides is 6. The van der Waals surface area contributed by atoms with Gasteiger partial charge in [0.05, 0.1) is 0 Å². The van der Waals surface area contributed by atoms with E-state index in [9.17, 15) is 29.1 Å². The number of imide groups is 2. The summed E-state index contributed by atoms with van der Waals surface area (Å²) in [4.78, 5) is 64.1. The topological polar surface area (TPSA) is 169 Å². The molecular weight excluding hydrogens is 556 g/mol. The Labute approximate surface area is 240 Å². The highest BCUT2D eigenvalue weighted by Crippen LogP contribution is 2.28. The number of halogens is 1. The van der Waals surface area contributed by atoms with Gasteiger partial charge in [-0.25, -0.2) is 4.79 Å². The van der Waals surface area contributed by atoms with Gasteiger partial charge in [0.15, 0.2) is 0 Å². The van der Waals surface area contributed by atoms with E-state index in [1.54, 1.807) is 44.4 Å². The molecule has 2 aromatic carbocycles. The Morgan fingerprint density at radius 3 is 2.59 bits per heavy atom. The van der Waals surface area contributed by atoms with Gasteiger partial charge in [0.25, 0.3) is 18.2 Å². The predicted octanol–water partition coefficient (Wildman–Crippen LogP) is 1.66. The van der Waals surface area contributed by atoms with Gasteiger partial charge in [0.1, 0.15) is 17.5 Å². The third kappa shape index (κ3) is 7.01. The molecule has 5 N–H and O–H groups in total. The number of carbonyl (C=O) groups is 5. The van der Waals surface area contributed by atoms with Gasteiger partial charge in [-0.05, 0) is 63.3 Å². The number of urea groups is 1. The summed E-state index contributed by atoms with van der Waals surface area (Å²) in [6, 6.07) is 8.15. The monoisotopic (exact) mass is 584 g/mol. The normalized spacial score (nSPS) is 17.8. The van der Waals surface area contributed by atoms with Gasteiger partial charge in [-0.2, -0.15) is 0 Å². The lowest BCUT2D eigenvalue weighted by molar-refractivity contribution is -0.149. The van der Waals surface area contributed by atoms with E-state index >= 15 is 0 Å². The average Bonchev–Trinajstić information content (AvgIpc) is 3.18. The lowest BCUT2D eigenvalue weighted by Gasteiger charge is -2.28. The quantitative estimate of drug-likeness (QED) is 0.217. The number of carbonyl (C=O) groups excluding carboxylic acids is 5. The molecular formula is C27H29ClN6O7. The average molecular weight is 585 g/mol. The zero-order chi connectivity index (χ0) is 29.8. The van der Waals surface area contributed by atoms with Crippen LogP contribution in [0.3, 0.4) is 0 Å². The van der Waals surface area contributed by atoms with Gasteiger partial charge in [-0.15, -0.1) is 0 Å². The second-order valence-electron chi connectivity index (χ2n) is 9.67. The Hall–Kier alpha value is -4.46. The van der Waals surface area contributed by atoms with Crippen molar-refractivity contribution in [1.29, 1.82) is 0 Å². The van der Waals surface area contributed by atoms with Crippen LogP contribution < -0.4 is 26.0 Å². The van der Waals surface area contributed by atoms with Crippen LogP contribution >= 0.6 is 11.6 Å². The number of aliphatic hydroxyl groups excluding tert-OH is 1. The molecule has 2 aliphatic rings. The minimum Gasteiger partial charge on any atom is -0.451 e. The number of piperidine rings is 1. The predicted molar refractivity (Wildman–Crippen MR) is 149 cm³/mol. The van der Waals surface area contributed by atoms with Crippen molar-refractivity contribution in [1.82, 2.24) is 20.4 Å². The van der Waals surface area contributed by atoms with Gasteiger partial charge in [-0.3, -0.25) is 34.3 Å². The molecule has 0 aliphatic carbocycles. The SMILES string of the molecule is Cc1ccc(NC(=O)NCc2cc(NC3=CC(=O)N(C4CCC(=O)NC4=O)C3=O)ccc2OC(O)N(C)C)cc1Cl. The highest BCUT2D eigenvalue weighted by Gasteiger charge is 2.42. The van der Waals surface area contributed by atoms with Gasteiger partial charge in [-0.1, -0.05) is 17.7 Å². The van der Waals surface area contributed by atoms with Crippen molar-refractivity contribution in [2.75, 3.05) is 24.7 Å². The Morgan fingerprint density at radius 2 is 1.90 bits per heavy atom. The molecule has 216 valence electrons. The van der Waals surface area contributed by atoms with Crippen molar-refractivity contribution < 1.29 is 33.8 Å². The van der Waals surface area contributed by atoms with Crippen LogP contribution in [0.4, 0.5) is 16.2 Å². The van der Waals surface area contributed by atoms with Crippen LogP contribution in [0.15, 0.2) is 48.2 Å². The first-order chi connectivity index (χ1) is 19.4. The van der Waals surface area contributed by atoms with Gasteiger partial charge >= 0.3 is 6.03 Å². The fraction of sp³-hybridized carbons (Fsp3) is 0.296. The number of benzene rings is 2. The van der Waals surface area contributed by atoms with E-state index in [1.807, 2.05) is 6.92 Å². The fourth-order valence-corrected chi connectivity index (χ4v) is 4.28. The number of rotatable bonds is 9. The highest BCUT2D eigenvalue weighted by atomic mass is 35.5. The van der Waals surface area contributed by atoms with Crippen LogP contribution in [0.2, 0.25) is 5.02 Å². The molecule has 0 spiro atoms. The molecule has 0 bridgehead atoms. The molecule has 2 aromatic rings. The molecule has 0 aromatic heterocycles. The van der Waals surface area contributed by atoms with E-state index in [1.165, 1.54) is 11.0 Å². The van der Waals surface area contributed by atoms with Gasteiger partial charge < -0.3 is 25.8 Å². The number of aryl methyl sites for hydroxylation is 1. The summed E-state index contributed by atoms with van der Waals surface area (Å²) in [5.74, 6) is -2.32. The Morgan fingerprint density at radius 1 is 1.17 bits per heavy atom. The van der Waals surface area contributed by atoms with Crippen molar-refractivity contribution in [2.45, 2.75) is 38.8 Å². The Balaban J connectivity index is 1.49. The van der Waals surface area contributed by atoms with Crippen LogP contribution in [0.1, 0.15) is 24.0 Å². The minimum atomic E-state index is -1.28. The first kappa shape index (κ1) is 29.5. The number of anilines is 2. The molecule has 14 heteroatoms. The summed E-state index contributed by atoms with van der Waals surface area (Å²) in [7, 11) is 3.23. The minimum absolute atomic E-state index is 0.0113. The molecule has 6 amide bonds. The van der Waals surface area contributed by atoms with Gasteiger partial charge in [0, 0.05) is 41.0 Å². The third-order valence-corrected chi connectivity index (χ3v) is 6.77. The zero-order valence-corrected chi connectivity index (χ0v) is 23.2. The second-order valence-corrected chi connectivity index (χ2v) is 10.1. The maximum Gasteiger partial charge on any atom is 0.319 e. The molecule has 13 nitrogen and oxygen atoms in total. The summed E-state index contributed by atoms with van der Waals surface area (Å²) in [6.45, 7) is 1.80. The summed E-state index contributed by atoms with van der Waals surface area (Å²) in [5.41, 5.74) is 2.09. The van der Waals surface area contributed by atoms with E-state index in [0.717, 1.165) is 16.5 Å². The maximum atomic E-state index is 13.0. The summed E-state index contributed by atoms with van der Waals surface area (Å²) >= 11 is 6.13. The van der Waals surface area contributed by atoms with E-state index in [2.05, 4.69) is 21.3 Å². The summed E-state index contributed by atoms with van der Waals surface area (Å²) in [5, 5.41) is 21.1. The lowest BCUT2D eigenvalue weighted by atomic mass is 10.0. The zero-order valence-electron chi connectivity index (χ0n) is 22.5. The number of hydrogen-bond donors (Lipinski definition) is 5. The maximum absolute atomic E-state index is 13.0. The number of nitrogens with zero attached hydrogens (tertiary/aromatic N) is 2. The van der Waals surface area contributed by atoms with Crippen molar-refractivity contribution >= 4 is 52.6 Å². The first-order valence-corrected chi connectivity index (χ1v) is 13.0. The van der Waals surface area contributed by atoms with E-state index in [0.29, 0.717) is 22.0 Å². The second kappa shape index (κ2) is 12.4. The fourth-order valence-electron chi connectivity index (χ4n) is 4.10. The van der Waals surface area contributed by atoms with E-state index < -0.39 is 42.1 Å². The molecule has 41 heavy (non-hydrogen) atoms. The number of hydrogen-bond acceptors (Lipinski definition) is 9. The first-order valence-electron chi connectivity index (χ1n) is 12.6. The van der Waals surface area contributed by atoms with E-state index in [4.69, 9.17) is 16.3 Å². The number of ether oxygens (including phenoxy) is 1. The van der Waals surface area contributed by atoms with E-state index in [-0.39, 0.29) is 30.8 Å². The van der Waals surface area contributed by atoms with Crippen molar-refractivity contribution in [3.05, 3.63) is 64.3 Å². The number of aliphatic hydroxyl groups is 1. The molecule has 2 unspecified atom stereocenters. The van der Waals surface area contributed by atoms with Crippen LogP contribution in [-0.4, -0.2) is 71.1 Å². The Kier molecular flexibility index (Phi) is 8.91. The summed E-state index contributed by atoms with van der Waals surface area (Å²) in [6.07, 6.45) is -0.160. The van der Waals surface area contributed by atoms with Crippen molar-refractivity contribution in [2.24, 2.45) is 0 Å². The largest absolute Gasteiger partial charge is 0.451 e. The molecule has 2 heterocycles. The standard InChI is InChI=1S/C27H29ClN6O7/c1-14-4-5-17(11-18(14)28)31-26(39)29-13-15-10-16(6-8-21(15)41-27(40)33(2)3)30-19-12-23(36)34(25(19)38)20-7-9-22(35)32-24(20)37/h4-6,8,10-12,20,27,30,40H,7,9,13H2,1-3H3,(H2,29,31,39)(H,32,35,37). The Bertz CT molecular complexity index is 1440. The van der Waals surface area contributed by atoms with Crippen LogP contribution in [0, 0.1) is 6.92 Å². The molecule has 0 saturated carbocycles. The summed E-state index contributed by atoms with van der Waals surface area (Å²) < 4.78 is 5.62. The molecule has 1 saturated heterocycles. The van der Waals surface area contributed by atoms with Gasteiger partial charge in [0.2, 0.25) is 11.8 Å². The molecule has 2 aliphatic heterocycles. The highest BCUT2D eigenvalue weighted by molar-refractivity contribution is 6.31. The lowest BCUT2D eigenvalue weighted by Crippen LogP contribution is -2.54. The molecule has 4 rings (SSSR count). The van der Waals surface area contributed by atoms with Crippen LogP contribution in [0.5, 0.6) is 5.75 Å².